The molecule has 4 rings (SSSR count). The summed E-state index contributed by atoms with van der Waals surface area (Å²) in [5.74, 6) is 1.52. The van der Waals surface area contributed by atoms with Crippen LogP contribution in [0.2, 0.25) is 0 Å². The van der Waals surface area contributed by atoms with Crippen molar-refractivity contribution in [3.05, 3.63) is 64.4 Å². The standard InChI is InChI=1S/C22H21NO3/c1-13-4-8-19-18(10-13)17-7-5-14(22(24)21(17)23-19)11-15-12-16(25-2)6-9-20(15)26-3/h4,6,8-12,23H,5,7H2,1-3H3. The molecule has 0 spiro atoms. The molecule has 26 heavy (non-hydrogen) atoms. The highest BCUT2D eigenvalue weighted by Gasteiger charge is 2.26. The first-order valence-corrected chi connectivity index (χ1v) is 8.69. The van der Waals surface area contributed by atoms with E-state index in [2.05, 4.69) is 24.0 Å². The molecular weight excluding hydrogens is 326 g/mol. The van der Waals surface area contributed by atoms with Gasteiger partial charge in [0.25, 0.3) is 0 Å². The number of nitrogens with one attached hydrogen (secondary N) is 1. The number of ether oxygens (including phenoxy) is 2. The molecule has 0 unspecified atom stereocenters. The third kappa shape index (κ3) is 2.68. The number of Topliss-reactive ketones (excluding diaryl/α,β-unsaturated/α-hetero) is 1. The van der Waals surface area contributed by atoms with Crippen molar-refractivity contribution in [1.82, 2.24) is 4.98 Å². The van der Waals surface area contributed by atoms with Crippen molar-refractivity contribution >= 4 is 22.8 Å². The van der Waals surface area contributed by atoms with Gasteiger partial charge in [-0.1, -0.05) is 11.6 Å². The summed E-state index contributed by atoms with van der Waals surface area (Å²) < 4.78 is 10.7. The number of methoxy groups -OCH3 is 2. The van der Waals surface area contributed by atoms with Gasteiger partial charge >= 0.3 is 0 Å². The van der Waals surface area contributed by atoms with Gasteiger partial charge in [0, 0.05) is 22.0 Å². The summed E-state index contributed by atoms with van der Waals surface area (Å²) in [4.78, 5) is 16.4. The van der Waals surface area contributed by atoms with Gasteiger partial charge in [0.1, 0.15) is 11.5 Å². The number of benzene rings is 2. The average molecular weight is 347 g/mol. The fourth-order valence-corrected chi connectivity index (χ4v) is 3.63. The Morgan fingerprint density at radius 3 is 2.65 bits per heavy atom. The first-order valence-electron chi connectivity index (χ1n) is 8.69. The first-order chi connectivity index (χ1) is 12.6. The lowest BCUT2D eigenvalue weighted by molar-refractivity contribution is 0.102. The van der Waals surface area contributed by atoms with E-state index in [1.165, 1.54) is 5.56 Å². The third-order valence-corrected chi connectivity index (χ3v) is 4.99. The molecule has 2 aromatic carbocycles. The van der Waals surface area contributed by atoms with Crippen molar-refractivity contribution in [3.8, 4) is 11.5 Å². The van der Waals surface area contributed by atoms with E-state index in [4.69, 9.17) is 9.47 Å². The Morgan fingerprint density at radius 2 is 1.88 bits per heavy atom. The Hall–Kier alpha value is -3.01. The van der Waals surface area contributed by atoms with Crippen LogP contribution < -0.4 is 9.47 Å². The number of carbonyl (C=O) groups excluding carboxylic acids is 1. The van der Waals surface area contributed by atoms with Crippen LogP contribution in [0.1, 0.15) is 33.6 Å². The van der Waals surface area contributed by atoms with Crippen molar-refractivity contribution in [2.24, 2.45) is 0 Å². The van der Waals surface area contributed by atoms with Crippen LogP contribution in [0.5, 0.6) is 11.5 Å². The van der Waals surface area contributed by atoms with Crippen LogP contribution in [0.3, 0.4) is 0 Å². The molecule has 0 amide bonds. The van der Waals surface area contributed by atoms with Gasteiger partial charge in [-0.25, -0.2) is 0 Å². The summed E-state index contributed by atoms with van der Waals surface area (Å²) in [7, 11) is 3.26. The normalized spacial score (nSPS) is 15.3. The molecule has 1 aliphatic rings. The van der Waals surface area contributed by atoms with Gasteiger partial charge in [0.2, 0.25) is 5.78 Å². The Kier molecular flexibility index (Phi) is 4.03. The molecule has 0 radical (unpaired) electrons. The summed E-state index contributed by atoms with van der Waals surface area (Å²) in [5.41, 5.74) is 5.70. The lowest BCUT2D eigenvalue weighted by Gasteiger charge is -2.15. The summed E-state index contributed by atoms with van der Waals surface area (Å²) in [5, 5.41) is 1.16. The maximum Gasteiger partial charge on any atom is 0.205 e. The molecule has 0 atom stereocenters. The van der Waals surface area contributed by atoms with Crippen molar-refractivity contribution in [2.45, 2.75) is 19.8 Å². The van der Waals surface area contributed by atoms with Gasteiger partial charge < -0.3 is 14.5 Å². The number of carbonyl (C=O) groups is 1. The van der Waals surface area contributed by atoms with Gasteiger partial charge in [0.15, 0.2) is 0 Å². The van der Waals surface area contributed by atoms with Gasteiger partial charge in [-0.2, -0.15) is 0 Å². The van der Waals surface area contributed by atoms with Crippen LogP contribution in [0, 0.1) is 6.92 Å². The highest BCUT2D eigenvalue weighted by atomic mass is 16.5. The number of H-pyrrole nitrogens is 1. The van der Waals surface area contributed by atoms with E-state index in [0.29, 0.717) is 12.1 Å². The fraction of sp³-hybridized carbons (Fsp3) is 0.227. The van der Waals surface area contributed by atoms with Crippen LogP contribution in [0.15, 0.2) is 42.0 Å². The molecule has 1 aliphatic carbocycles. The minimum atomic E-state index is 0.0602. The van der Waals surface area contributed by atoms with Crippen molar-refractivity contribution < 1.29 is 14.3 Å². The summed E-state index contributed by atoms with van der Waals surface area (Å²) in [6.07, 6.45) is 3.49. The SMILES string of the molecule is COc1ccc(OC)c(C=C2CCc3c([nH]c4ccc(C)cc34)C2=O)c1. The number of aromatic amines is 1. The zero-order chi connectivity index (χ0) is 18.3. The third-order valence-electron chi connectivity index (χ3n) is 4.99. The van der Waals surface area contributed by atoms with E-state index in [0.717, 1.165) is 45.5 Å². The molecule has 0 saturated heterocycles. The minimum Gasteiger partial charge on any atom is -0.497 e. The molecule has 1 N–H and O–H groups in total. The van der Waals surface area contributed by atoms with E-state index in [1.807, 2.05) is 30.3 Å². The van der Waals surface area contributed by atoms with Gasteiger partial charge in [-0.3, -0.25) is 4.79 Å². The van der Waals surface area contributed by atoms with Crippen molar-refractivity contribution in [2.75, 3.05) is 14.2 Å². The van der Waals surface area contributed by atoms with E-state index >= 15 is 0 Å². The summed E-state index contributed by atoms with van der Waals surface area (Å²) in [6, 6.07) is 11.9. The number of hydrogen-bond donors (Lipinski definition) is 1. The molecule has 132 valence electrons. The second kappa shape index (κ2) is 6.37. The van der Waals surface area contributed by atoms with Gasteiger partial charge in [0.05, 0.1) is 19.9 Å². The van der Waals surface area contributed by atoms with Crippen LogP contribution in [-0.2, 0) is 6.42 Å². The van der Waals surface area contributed by atoms with Crippen LogP contribution in [0.25, 0.3) is 17.0 Å². The molecule has 1 heterocycles. The van der Waals surface area contributed by atoms with Crippen molar-refractivity contribution in [3.63, 3.8) is 0 Å². The van der Waals surface area contributed by atoms with Crippen LogP contribution in [0.4, 0.5) is 0 Å². The highest BCUT2D eigenvalue weighted by molar-refractivity contribution is 6.15. The van der Waals surface area contributed by atoms with Gasteiger partial charge in [-0.05, 0) is 61.7 Å². The number of aryl methyl sites for hydroxylation is 2. The van der Waals surface area contributed by atoms with Gasteiger partial charge in [-0.15, -0.1) is 0 Å². The summed E-state index contributed by atoms with van der Waals surface area (Å²) in [6.45, 7) is 2.07. The first kappa shape index (κ1) is 16.5. The van der Waals surface area contributed by atoms with Crippen LogP contribution in [-0.4, -0.2) is 25.0 Å². The monoisotopic (exact) mass is 347 g/mol. The van der Waals surface area contributed by atoms with E-state index in [-0.39, 0.29) is 5.78 Å². The Morgan fingerprint density at radius 1 is 1.04 bits per heavy atom. The smallest absolute Gasteiger partial charge is 0.205 e. The molecule has 4 heteroatoms. The maximum absolute atomic E-state index is 13.1. The average Bonchev–Trinajstić information content (AvgIpc) is 3.02. The number of rotatable bonds is 3. The number of allylic oxidation sites excluding steroid dienone is 1. The molecule has 0 bridgehead atoms. The van der Waals surface area contributed by atoms with E-state index in [1.54, 1.807) is 14.2 Å². The second-order valence-electron chi connectivity index (χ2n) is 6.63. The van der Waals surface area contributed by atoms with E-state index < -0.39 is 0 Å². The Bertz CT molecular complexity index is 1040. The number of hydrogen-bond acceptors (Lipinski definition) is 3. The zero-order valence-electron chi connectivity index (χ0n) is 15.2. The number of aromatic nitrogens is 1. The molecule has 0 aliphatic heterocycles. The minimum absolute atomic E-state index is 0.0602. The lowest BCUT2D eigenvalue weighted by atomic mass is 9.89. The van der Waals surface area contributed by atoms with Crippen molar-refractivity contribution in [1.29, 1.82) is 0 Å². The predicted octanol–water partition coefficient (Wildman–Crippen LogP) is 4.71. The fourth-order valence-electron chi connectivity index (χ4n) is 3.63. The predicted molar refractivity (Wildman–Crippen MR) is 103 cm³/mol. The highest BCUT2D eigenvalue weighted by Crippen LogP contribution is 2.34. The molecule has 1 aromatic heterocycles. The van der Waals surface area contributed by atoms with Crippen LogP contribution >= 0.6 is 0 Å². The molecule has 4 nitrogen and oxygen atoms in total. The Labute approximate surface area is 152 Å². The van der Waals surface area contributed by atoms with E-state index in [9.17, 15) is 4.79 Å². The molecule has 0 fully saturated rings. The second-order valence-corrected chi connectivity index (χ2v) is 6.63. The topological polar surface area (TPSA) is 51.3 Å². The zero-order valence-corrected chi connectivity index (χ0v) is 15.2. The maximum atomic E-state index is 13.1. The molecule has 3 aromatic rings. The lowest BCUT2D eigenvalue weighted by Crippen LogP contribution is -2.13. The number of fused-ring (bicyclic) bond motifs is 3. The molecular formula is C22H21NO3. The summed E-state index contributed by atoms with van der Waals surface area (Å²) >= 11 is 0. The number of ketones is 1. The largest absolute Gasteiger partial charge is 0.497 e. The quantitative estimate of drug-likeness (QED) is 0.698. The molecule has 0 saturated carbocycles. The Balaban J connectivity index is 1.78.